The number of rotatable bonds is 2. The zero-order chi connectivity index (χ0) is 10.7. The van der Waals surface area contributed by atoms with Gasteiger partial charge >= 0.3 is 0 Å². The lowest BCUT2D eigenvalue weighted by Crippen LogP contribution is -2.36. The fourth-order valence-electron chi connectivity index (χ4n) is 1.63. The summed E-state index contributed by atoms with van der Waals surface area (Å²) in [4.78, 5) is 24.4. The maximum absolute atomic E-state index is 11.5. The maximum atomic E-state index is 11.5. The monoisotopic (exact) mass is 262 g/mol. The van der Waals surface area contributed by atoms with Crippen molar-refractivity contribution < 1.29 is 9.59 Å². The first-order valence-corrected chi connectivity index (χ1v) is 5.62. The largest absolute Gasteiger partial charge is 0.359 e. The number of halogens is 1. The van der Waals surface area contributed by atoms with E-state index in [0.717, 1.165) is 6.42 Å². The molecule has 1 saturated heterocycles. The van der Waals surface area contributed by atoms with Crippen LogP contribution >= 0.6 is 15.9 Å². The van der Waals surface area contributed by atoms with Crippen molar-refractivity contribution in [2.75, 3.05) is 20.1 Å². The van der Waals surface area contributed by atoms with Crippen LogP contribution in [0.15, 0.2) is 0 Å². The predicted octanol–water partition coefficient (Wildman–Crippen LogP) is 0.364. The lowest BCUT2D eigenvalue weighted by molar-refractivity contribution is -0.129. The first-order chi connectivity index (χ1) is 6.56. The third-order valence-electron chi connectivity index (χ3n) is 2.46. The summed E-state index contributed by atoms with van der Waals surface area (Å²) < 4.78 is 0. The van der Waals surface area contributed by atoms with Crippen molar-refractivity contribution in [2.45, 2.75) is 18.2 Å². The molecule has 2 amide bonds. The molecule has 0 bridgehead atoms. The zero-order valence-electron chi connectivity index (χ0n) is 8.42. The lowest BCUT2D eigenvalue weighted by Gasteiger charge is -2.17. The van der Waals surface area contributed by atoms with Crippen molar-refractivity contribution in [3.63, 3.8) is 0 Å². The molecule has 1 aliphatic rings. The summed E-state index contributed by atoms with van der Waals surface area (Å²) >= 11 is 3.23. The van der Waals surface area contributed by atoms with E-state index in [0.29, 0.717) is 13.1 Å². The molecule has 4 nitrogen and oxygen atoms in total. The number of amides is 2. The molecule has 0 aromatic rings. The van der Waals surface area contributed by atoms with Gasteiger partial charge < -0.3 is 10.2 Å². The predicted molar refractivity (Wildman–Crippen MR) is 57.1 cm³/mol. The van der Waals surface area contributed by atoms with Crippen molar-refractivity contribution in [3.05, 3.63) is 0 Å². The van der Waals surface area contributed by atoms with Gasteiger partial charge in [-0.25, -0.2) is 0 Å². The minimum atomic E-state index is -0.161. The fourth-order valence-corrected chi connectivity index (χ4v) is 1.92. The highest BCUT2D eigenvalue weighted by Crippen LogP contribution is 2.18. The van der Waals surface area contributed by atoms with Gasteiger partial charge in [-0.3, -0.25) is 9.59 Å². The molecule has 1 rings (SSSR count). The van der Waals surface area contributed by atoms with Gasteiger partial charge in [-0.15, -0.1) is 0 Å². The van der Waals surface area contributed by atoms with Crippen LogP contribution in [0.2, 0.25) is 0 Å². The van der Waals surface area contributed by atoms with Gasteiger partial charge in [-0.2, -0.15) is 0 Å². The SMILES string of the molecule is CNC(=O)[C@H]1CCN(C(=O)[C@@H](C)Br)C1. The Morgan fingerprint density at radius 1 is 1.57 bits per heavy atom. The van der Waals surface area contributed by atoms with Gasteiger partial charge in [0.25, 0.3) is 0 Å². The lowest BCUT2D eigenvalue weighted by atomic mass is 10.1. The van der Waals surface area contributed by atoms with Gasteiger partial charge in [-0.05, 0) is 13.3 Å². The Kier molecular flexibility index (Phi) is 3.92. The average molecular weight is 263 g/mol. The normalized spacial score (nSPS) is 23.4. The van der Waals surface area contributed by atoms with E-state index in [4.69, 9.17) is 0 Å². The van der Waals surface area contributed by atoms with Crippen molar-refractivity contribution in [3.8, 4) is 0 Å². The molecule has 1 heterocycles. The number of nitrogens with one attached hydrogen (secondary N) is 1. The second kappa shape index (κ2) is 4.77. The molecule has 2 atom stereocenters. The first kappa shape index (κ1) is 11.5. The smallest absolute Gasteiger partial charge is 0.236 e. The zero-order valence-corrected chi connectivity index (χ0v) is 10.0. The summed E-state index contributed by atoms with van der Waals surface area (Å²) in [5, 5.41) is 2.61. The summed E-state index contributed by atoms with van der Waals surface area (Å²) in [6, 6.07) is 0. The first-order valence-electron chi connectivity index (χ1n) is 4.70. The van der Waals surface area contributed by atoms with Gasteiger partial charge in [-0.1, -0.05) is 15.9 Å². The van der Waals surface area contributed by atoms with Gasteiger partial charge in [0, 0.05) is 20.1 Å². The van der Waals surface area contributed by atoms with Crippen molar-refractivity contribution in [1.29, 1.82) is 0 Å². The highest BCUT2D eigenvalue weighted by Gasteiger charge is 2.31. The average Bonchev–Trinajstić information content (AvgIpc) is 2.64. The van der Waals surface area contributed by atoms with Crippen molar-refractivity contribution in [1.82, 2.24) is 10.2 Å². The molecule has 0 aliphatic carbocycles. The Labute approximate surface area is 92.2 Å². The van der Waals surface area contributed by atoms with Crippen LogP contribution < -0.4 is 5.32 Å². The van der Waals surface area contributed by atoms with Crippen LogP contribution in [0, 0.1) is 5.92 Å². The Balaban J connectivity index is 2.49. The number of carbonyl (C=O) groups excluding carboxylic acids is 2. The van der Waals surface area contributed by atoms with Crippen LogP contribution in [0.3, 0.4) is 0 Å². The van der Waals surface area contributed by atoms with Gasteiger partial charge in [0.1, 0.15) is 0 Å². The van der Waals surface area contributed by atoms with E-state index in [1.54, 1.807) is 18.9 Å². The van der Waals surface area contributed by atoms with Crippen LogP contribution in [-0.2, 0) is 9.59 Å². The second-order valence-electron chi connectivity index (χ2n) is 3.50. The van der Waals surface area contributed by atoms with Crippen molar-refractivity contribution >= 4 is 27.7 Å². The van der Waals surface area contributed by atoms with E-state index in [1.807, 2.05) is 0 Å². The van der Waals surface area contributed by atoms with E-state index in [2.05, 4.69) is 21.2 Å². The molecule has 1 aliphatic heterocycles. The van der Waals surface area contributed by atoms with Crippen LogP contribution in [0.25, 0.3) is 0 Å². The highest BCUT2D eigenvalue weighted by molar-refractivity contribution is 9.10. The van der Waals surface area contributed by atoms with Gasteiger partial charge in [0.15, 0.2) is 0 Å². The summed E-state index contributed by atoms with van der Waals surface area (Å²) in [6.45, 7) is 3.04. The Bertz CT molecular complexity index is 243. The minimum Gasteiger partial charge on any atom is -0.359 e. The van der Waals surface area contributed by atoms with Crippen LogP contribution in [-0.4, -0.2) is 41.7 Å². The van der Waals surface area contributed by atoms with E-state index < -0.39 is 0 Å². The number of likely N-dealkylation sites (tertiary alicyclic amines) is 1. The van der Waals surface area contributed by atoms with Crippen LogP contribution in [0.1, 0.15) is 13.3 Å². The number of nitrogens with zero attached hydrogens (tertiary/aromatic N) is 1. The molecule has 0 radical (unpaired) electrons. The Morgan fingerprint density at radius 3 is 2.71 bits per heavy atom. The molecular weight excluding hydrogens is 248 g/mol. The quantitative estimate of drug-likeness (QED) is 0.731. The minimum absolute atomic E-state index is 0.0301. The van der Waals surface area contributed by atoms with Crippen LogP contribution in [0.5, 0.6) is 0 Å². The second-order valence-corrected chi connectivity index (χ2v) is 4.87. The van der Waals surface area contributed by atoms with Crippen molar-refractivity contribution in [2.24, 2.45) is 5.92 Å². The van der Waals surface area contributed by atoms with E-state index in [-0.39, 0.29) is 22.6 Å². The van der Waals surface area contributed by atoms with Gasteiger partial charge in [0.05, 0.1) is 10.7 Å². The van der Waals surface area contributed by atoms with E-state index in [9.17, 15) is 9.59 Å². The maximum Gasteiger partial charge on any atom is 0.236 e. The summed E-state index contributed by atoms with van der Waals surface area (Å²) in [5.41, 5.74) is 0. The molecule has 5 heteroatoms. The molecule has 0 spiro atoms. The summed E-state index contributed by atoms with van der Waals surface area (Å²) in [5.74, 6) is 0.0640. The van der Waals surface area contributed by atoms with Gasteiger partial charge in [0.2, 0.25) is 11.8 Å². The van der Waals surface area contributed by atoms with E-state index >= 15 is 0 Å². The molecule has 0 unspecified atom stereocenters. The molecule has 1 N–H and O–H groups in total. The number of hydrogen-bond donors (Lipinski definition) is 1. The molecule has 14 heavy (non-hydrogen) atoms. The number of carbonyl (C=O) groups is 2. The topological polar surface area (TPSA) is 49.4 Å². The highest BCUT2D eigenvalue weighted by atomic mass is 79.9. The Morgan fingerprint density at radius 2 is 2.21 bits per heavy atom. The molecule has 0 aromatic carbocycles. The molecule has 0 saturated carbocycles. The Hall–Kier alpha value is -0.580. The van der Waals surface area contributed by atoms with E-state index in [1.165, 1.54) is 0 Å². The number of alkyl halides is 1. The third kappa shape index (κ3) is 2.47. The third-order valence-corrected chi connectivity index (χ3v) is 2.85. The number of hydrogen-bond acceptors (Lipinski definition) is 2. The molecule has 1 fully saturated rings. The standard InChI is InChI=1S/C9H15BrN2O2/c1-6(10)9(14)12-4-3-7(5-12)8(13)11-2/h6-7H,3-5H2,1-2H3,(H,11,13)/t6-,7+/m1/s1. The van der Waals surface area contributed by atoms with Crippen LogP contribution in [0.4, 0.5) is 0 Å². The fraction of sp³-hybridized carbons (Fsp3) is 0.778. The summed E-state index contributed by atoms with van der Waals surface area (Å²) in [7, 11) is 1.62. The molecule has 80 valence electrons. The molecular formula is C9H15BrN2O2. The molecule has 0 aromatic heterocycles. The summed E-state index contributed by atoms with van der Waals surface area (Å²) in [6.07, 6.45) is 0.769.